The molecule has 0 radical (unpaired) electrons. The Kier molecular flexibility index (Phi) is 6.20. The quantitative estimate of drug-likeness (QED) is 0.686. The molecular formula is C21H20N4O3. The van der Waals surface area contributed by atoms with Gasteiger partial charge < -0.3 is 15.0 Å². The van der Waals surface area contributed by atoms with Crippen molar-refractivity contribution in [1.29, 1.82) is 0 Å². The number of imide groups is 1. The Balaban J connectivity index is 1.50. The fourth-order valence-electron chi connectivity index (χ4n) is 2.45. The Morgan fingerprint density at radius 1 is 0.964 bits per heavy atom. The van der Waals surface area contributed by atoms with Crippen molar-refractivity contribution < 1.29 is 14.3 Å². The van der Waals surface area contributed by atoms with Crippen LogP contribution in [-0.4, -0.2) is 30.5 Å². The van der Waals surface area contributed by atoms with E-state index in [-0.39, 0.29) is 6.54 Å². The van der Waals surface area contributed by atoms with Gasteiger partial charge in [0, 0.05) is 30.7 Å². The molecule has 142 valence electrons. The van der Waals surface area contributed by atoms with Crippen LogP contribution in [-0.2, 0) is 4.79 Å². The maximum atomic E-state index is 12.1. The summed E-state index contributed by atoms with van der Waals surface area (Å²) in [5, 5.41) is 4.91. The number of nitrogens with one attached hydrogen (secondary N) is 2. The molecule has 2 aromatic carbocycles. The van der Waals surface area contributed by atoms with E-state index in [0.717, 1.165) is 5.69 Å². The van der Waals surface area contributed by atoms with Gasteiger partial charge >= 0.3 is 6.03 Å². The van der Waals surface area contributed by atoms with Gasteiger partial charge in [0.15, 0.2) is 0 Å². The summed E-state index contributed by atoms with van der Waals surface area (Å²) in [4.78, 5) is 29.8. The maximum Gasteiger partial charge on any atom is 0.325 e. The fraction of sp³-hybridized carbons (Fsp3) is 0.0952. The fourth-order valence-corrected chi connectivity index (χ4v) is 2.45. The lowest BCUT2D eigenvalue weighted by Crippen LogP contribution is -2.40. The average Bonchev–Trinajstić information content (AvgIpc) is 2.70. The Morgan fingerprint density at radius 3 is 2.36 bits per heavy atom. The zero-order valence-electron chi connectivity index (χ0n) is 15.3. The zero-order chi connectivity index (χ0) is 19.8. The zero-order valence-corrected chi connectivity index (χ0v) is 15.3. The van der Waals surface area contributed by atoms with Gasteiger partial charge in [0.1, 0.15) is 5.75 Å². The van der Waals surface area contributed by atoms with Crippen LogP contribution in [0.3, 0.4) is 0 Å². The molecule has 1 aromatic heterocycles. The number of hydrogen-bond donors (Lipinski definition) is 2. The Morgan fingerprint density at radius 2 is 1.68 bits per heavy atom. The van der Waals surface area contributed by atoms with E-state index in [1.807, 2.05) is 30.3 Å². The molecule has 2 N–H and O–H groups in total. The number of urea groups is 1. The van der Waals surface area contributed by atoms with Gasteiger partial charge in [-0.05, 0) is 42.5 Å². The molecule has 3 aromatic rings. The third-order valence-electron chi connectivity index (χ3n) is 3.80. The van der Waals surface area contributed by atoms with Crippen LogP contribution in [0.4, 0.5) is 16.2 Å². The van der Waals surface area contributed by atoms with Gasteiger partial charge in [-0.25, -0.2) is 9.78 Å². The predicted octanol–water partition coefficient (Wildman–Crippen LogP) is 3.66. The third kappa shape index (κ3) is 5.57. The van der Waals surface area contributed by atoms with Crippen molar-refractivity contribution in [2.75, 3.05) is 23.8 Å². The third-order valence-corrected chi connectivity index (χ3v) is 3.80. The predicted molar refractivity (Wildman–Crippen MR) is 108 cm³/mol. The molecule has 0 aliphatic carbocycles. The van der Waals surface area contributed by atoms with E-state index in [9.17, 15) is 9.59 Å². The minimum atomic E-state index is -0.566. The number of rotatable bonds is 6. The van der Waals surface area contributed by atoms with Crippen molar-refractivity contribution in [3.8, 4) is 11.6 Å². The molecule has 7 heteroatoms. The van der Waals surface area contributed by atoms with Gasteiger partial charge in [0.05, 0.1) is 6.54 Å². The summed E-state index contributed by atoms with van der Waals surface area (Å²) in [7, 11) is 1.77. The van der Waals surface area contributed by atoms with E-state index >= 15 is 0 Å². The molecule has 0 aliphatic rings. The summed E-state index contributed by atoms with van der Waals surface area (Å²) >= 11 is 0. The highest BCUT2D eigenvalue weighted by molar-refractivity contribution is 6.02. The van der Waals surface area contributed by atoms with Crippen LogP contribution >= 0.6 is 0 Å². The first-order chi connectivity index (χ1) is 13.6. The van der Waals surface area contributed by atoms with E-state index in [1.54, 1.807) is 60.6 Å². The van der Waals surface area contributed by atoms with Gasteiger partial charge in [0.25, 0.3) is 0 Å². The molecular weight excluding hydrogens is 356 g/mol. The lowest BCUT2D eigenvalue weighted by Gasteiger charge is -2.19. The van der Waals surface area contributed by atoms with Crippen LogP contribution < -0.4 is 20.3 Å². The van der Waals surface area contributed by atoms with Gasteiger partial charge in [-0.2, -0.15) is 0 Å². The molecule has 0 saturated carbocycles. The number of carbonyl (C=O) groups excluding carboxylic acids is 2. The number of likely N-dealkylation sites (N-methyl/N-ethyl adjacent to an activating group) is 1. The number of pyridine rings is 1. The monoisotopic (exact) mass is 376 g/mol. The molecule has 0 bridgehead atoms. The minimum absolute atomic E-state index is 0.0304. The highest BCUT2D eigenvalue weighted by Gasteiger charge is 2.11. The molecule has 0 fully saturated rings. The number of para-hydroxylation sites is 1. The Bertz CT molecular complexity index is 915. The number of hydrogen-bond acceptors (Lipinski definition) is 5. The van der Waals surface area contributed by atoms with E-state index in [1.165, 1.54) is 0 Å². The van der Waals surface area contributed by atoms with Crippen molar-refractivity contribution in [2.45, 2.75) is 0 Å². The second kappa shape index (κ2) is 9.18. The number of amides is 3. The van der Waals surface area contributed by atoms with Crippen molar-refractivity contribution in [3.05, 3.63) is 79.0 Å². The van der Waals surface area contributed by atoms with E-state index in [2.05, 4.69) is 15.6 Å². The van der Waals surface area contributed by atoms with E-state index in [4.69, 9.17) is 4.74 Å². The molecule has 0 aliphatic heterocycles. The number of benzene rings is 2. The largest absolute Gasteiger partial charge is 0.439 e. The lowest BCUT2D eigenvalue weighted by atomic mass is 10.3. The second-order valence-electron chi connectivity index (χ2n) is 5.99. The van der Waals surface area contributed by atoms with Crippen LogP contribution in [0.5, 0.6) is 11.6 Å². The Hall–Kier alpha value is -3.87. The highest BCUT2D eigenvalue weighted by Crippen LogP contribution is 2.22. The standard InChI is InChI=1S/C21H20N4O3/c1-25(15-19(26)24-21(27)23-16-7-3-2-4-8-16)17-10-12-18(13-11-17)28-20-9-5-6-14-22-20/h2-14H,15H2,1H3,(H2,23,24,26,27). The minimum Gasteiger partial charge on any atom is -0.439 e. The molecule has 0 unspecified atom stereocenters. The number of anilines is 2. The smallest absolute Gasteiger partial charge is 0.325 e. The molecule has 3 amide bonds. The summed E-state index contributed by atoms with van der Waals surface area (Å²) in [6.45, 7) is 0.0304. The van der Waals surface area contributed by atoms with E-state index in [0.29, 0.717) is 17.3 Å². The number of aromatic nitrogens is 1. The molecule has 0 atom stereocenters. The molecule has 7 nitrogen and oxygen atoms in total. The molecule has 3 rings (SSSR count). The van der Waals surface area contributed by atoms with Crippen LogP contribution in [0.2, 0.25) is 0 Å². The van der Waals surface area contributed by atoms with Crippen molar-refractivity contribution in [3.63, 3.8) is 0 Å². The van der Waals surface area contributed by atoms with E-state index < -0.39 is 11.9 Å². The molecule has 1 heterocycles. The summed E-state index contributed by atoms with van der Waals surface area (Å²) in [5.74, 6) is 0.736. The van der Waals surface area contributed by atoms with Crippen molar-refractivity contribution >= 4 is 23.3 Å². The van der Waals surface area contributed by atoms with Gasteiger partial charge in [0.2, 0.25) is 11.8 Å². The SMILES string of the molecule is CN(CC(=O)NC(=O)Nc1ccccc1)c1ccc(Oc2ccccn2)cc1. The number of carbonyl (C=O) groups is 2. The van der Waals surface area contributed by atoms with Gasteiger partial charge in [-0.3, -0.25) is 10.1 Å². The first-order valence-electron chi connectivity index (χ1n) is 8.66. The summed E-state index contributed by atoms with van der Waals surface area (Å²) < 4.78 is 5.64. The summed E-state index contributed by atoms with van der Waals surface area (Å²) in [6.07, 6.45) is 1.66. The maximum absolute atomic E-state index is 12.1. The van der Waals surface area contributed by atoms with Gasteiger partial charge in [-0.1, -0.05) is 24.3 Å². The summed E-state index contributed by atoms with van der Waals surface area (Å²) in [6, 6.07) is 21.0. The summed E-state index contributed by atoms with van der Waals surface area (Å²) in [5.41, 5.74) is 1.43. The van der Waals surface area contributed by atoms with Crippen molar-refractivity contribution in [2.24, 2.45) is 0 Å². The topological polar surface area (TPSA) is 83.6 Å². The van der Waals surface area contributed by atoms with Crippen LogP contribution in [0.15, 0.2) is 79.0 Å². The first-order valence-corrected chi connectivity index (χ1v) is 8.66. The molecule has 0 spiro atoms. The normalized spacial score (nSPS) is 10.0. The van der Waals surface area contributed by atoms with Crippen LogP contribution in [0.1, 0.15) is 0 Å². The molecule has 28 heavy (non-hydrogen) atoms. The lowest BCUT2D eigenvalue weighted by molar-refractivity contribution is -0.118. The molecule has 0 saturated heterocycles. The first kappa shape index (κ1) is 18.9. The van der Waals surface area contributed by atoms with Crippen LogP contribution in [0.25, 0.3) is 0 Å². The second-order valence-corrected chi connectivity index (χ2v) is 5.99. The Labute approximate surface area is 163 Å². The van der Waals surface area contributed by atoms with Crippen LogP contribution in [0, 0.1) is 0 Å². The van der Waals surface area contributed by atoms with Crippen molar-refractivity contribution in [1.82, 2.24) is 10.3 Å². The number of ether oxygens (including phenoxy) is 1. The highest BCUT2D eigenvalue weighted by atomic mass is 16.5. The number of nitrogens with zero attached hydrogens (tertiary/aromatic N) is 2. The average molecular weight is 376 g/mol. The van der Waals surface area contributed by atoms with Gasteiger partial charge in [-0.15, -0.1) is 0 Å².